The van der Waals surface area contributed by atoms with Crippen molar-refractivity contribution < 1.29 is 37.8 Å². The van der Waals surface area contributed by atoms with E-state index >= 15 is 0 Å². The Morgan fingerprint density at radius 1 is 1.19 bits per heavy atom. The van der Waals surface area contributed by atoms with E-state index in [4.69, 9.17) is 20.7 Å². The minimum absolute atomic E-state index is 0.362. The molecule has 0 unspecified atom stereocenters. The summed E-state index contributed by atoms with van der Waals surface area (Å²) in [7, 11) is 0. The summed E-state index contributed by atoms with van der Waals surface area (Å²) in [6.45, 7) is 0.427. The molecule has 0 aliphatic rings. The fraction of sp³-hybridized carbons (Fsp3) is 0.312. The van der Waals surface area contributed by atoms with Crippen LogP contribution in [0.4, 0.5) is 13.2 Å². The molecule has 0 fully saturated rings. The zero-order valence-electron chi connectivity index (χ0n) is 13.9. The van der Waals surface area contributed by atoms with Crippen LogP contribution in [-0.4, -0.2) is 51.8 Å². The second-order valence-corrected chi connectivity index (χ2v) is 5.40. The lowest BCUT2D eigenvalue weighted by molar-refractivity contribution is -0.192. The molecule has 2 rings (SSSR count). The van der Waals surface area contributed by atoms with Gasteiger partial charge in [-0.15, -0.1) is 0 Å². The first-order valence-corrected chi connectivity index (χ1v) is 7.62. The third-order valence-corrected chi connectivity index (χ3v) is 3.35. The first kappa shape index (κ1) is 22.0. The van der Waals surface area contributed by atoms with Gasteiger partial charge >= 0.3 is 18.1 Å². The topological polar surface area (TPSA) is 146 Å². The molecule has 0 radical (unpaired) electrons. The summed E-state index contributed by atoms with van der Waals surface area (Å²) in [4.78, 5) is 34.1. The van der Waals surface area contributed by atoms with Crippen LogP contribution in [0.25, 0.3) is 10.9 Å². The zero-order valence-corrected chi connectivity index (χ0v) is 13.9. The summed E-state index contributed by atoms with van der Waals surface area (Å²) in [5.41, 5.74) is 7.65. The van der Waals surface area contributed by atoms with Crippen LogP contribution in [0.15, 0.2) is 30.5 Å². The summed E-state index contributed by atoms with van der Waals surface area (Å²) < 4.78 is 31.7. The number of amides is 1. The van der Waals surface area contributed by atoms with Crippen molar-refractivity contribution in [2.75, 3.05) is 6.54 Å². The average molecular weight is 389 g/mol. The van der Waals surface area contributed by atoms with Crippen molar-refractivity contribution in [3.63, 3.8) is 0 Å². The van der Waals surface area contributed by atoms with Crippen LogP contribution in [0.5, 0.6) is 0 Å². The Balaban J connectivity index is 0.000000445. The SMILES string of the molecule is N[C@@H](CC(=O)O)C(=O)NCCc1cccc2[nH]ccc12.O=C(O)C(F)(F)F. The number of aromatic nitrogens is 1. The van der Waals surface area contributed by atoms with Crippen molar-refractivity contribution in [2.24, 2.45) is 5.73 Å². The molecule has 1 aromatic carbocycles. The second-order valence-electron chi connectivity index (χ2n) is 5.40. The molecule has 1 heterocycles. The van der Waals surface area contributed by atoms with E-state index in [1.807, 2.05) is 30.5 Å². The average Bonchev–Trinajstić information content (AvgIpc) is 3.03. The van der Waals surface area contributed by atoms with Crippen molar-refractivity contribution >= 4 is 28.7 Å². The van der Waals surface area contributed by atoms with Gasteiger partial charge in [0.05, 0.1) is 12.5 Å². The highest BCUT2D eigenvalue weighted by Gasteiger charge is 2.38. The molecular weight excluding hydrogens is 371 g/mol. The molecule has 0 spiro atoms. The lowest BCUT2D eigenvalue weighted by atomic mass is 10.1. The molecule has 1 atom stereocenters. The number of halogens is 3. The van der Waals surface area contributed by atoms with Gasteiger partial charge in [-0.3, -0.25) is 9.59 Å². The maximum Gasteiger partial charge on any atom is 0.490 e. The Morgan fingerprint density at radius 3 is 2.37 bits per heavy atom. The smallest absolute Gasteiger partial charge is 0.481 e. The highest BCUT2D eigenvalue weighted by molar-refractivity contribution is 5.86. The predicted octanol–water partition coefficient (Wildman–Crippen LogP) is 1.26. The van der Waals surface area contributed by atoms with Crippen LogP contribution in [-0.2, 0) is 20.8 Å². The largest absolute Gasteiger partial charge is 0.490 e. The van der Waals surface area contributed by atoms with Crippen molar-refractivity contribution in [1.29, 1.82) is 0 Å². The molecule has 11 heteroatoms. The first-order valence-electron chi connectivity index (χ1n) is 7.62. The molecule has 148 valence electrons. The number of carbonyl (C=O) groups excluding carboxylic acids is 1. The monoisotopic (exact) mass is 389 g/mol. The lowest BCUT2D eigenvalue weighted by Gasteiger charge is -2.10. The van der Waals surface area contributed by atoms with Gasteiger partial charge in [-0.2, -0.15) is 13.2 Å². The number of aromatic amines is 1. The lowest BCUT2D eigenvalue weighted by Crippen LogP contribution is -2.42. The fourth-order valence-electron chi connectivity index (χ4n) is 2.10. The van der Waals surface area contributed by atoms with Gasteiger partial charge < -0.3 is 26.2 Å². The number of carbonyl (C=O) groups is 3. The van der Waals surface area contributed by atoms with E-state index in [1.165, 1.54) is 0 Å². The molecular formula is C16H18F3N3O5. The summed E-state index contributed by atoms with van der Waals surface area (Å²) >= 11 is 0. The van der Waals surface area contributed by atoms with Gasteiger partial charge in [0, 0.05) is 23.6 Å². The number of fused-ring (bicyclic) bond motifs is 1. The van der Waals surface area contributed by atoms with E-state index in [0.29, 0.717) is 13.0 Å². The van der Waals surface area contributed by atoms with Gasteiger partial charge in [0.15, 0.2) is 0 Å². The Morgan fingerprint density at radius 2 is 1.81 bits per heavy atom. The van der Waals surface area contributed by atoms with E-state index in [-0.39, 0.29) is 6.42 Å². The number of carboxylic acid groups (broad SMARTS) is 2. The zero-order chi connectivity index (χ0) is 20.6. The van der Waals surface area contributed by atoms with E-state index in [9.17, 15) is 22.8 Å². The number of carboxylic acids is 2. The second kappa shape index (κ2) is 9.57. The van der Waals surface area contributed by atoms with Gasteiger partial charge in [-0.05, 0) is 24.1 Å². The van der Waals surface area contributed by atoms with Crippen LogP contribution in [0.1, 0.15) is 12.0 Å². The number of nitrogens with two attached hydrogens (primary N) is 1. The first-order chi connectivity index (χ1) is 12.5. The van der Waals surface area contributed by atoms with Crippen LogP contribution < -0.4 is 11.1 Å². The Bertz CT molecular complexity index is 804. The minimum atomic E-state index is -5.08. The molecule has 2 aromatic rings. The van der Waals surface area contributed by atoms with Crippen LogP contribution >= 0.6 is 0 Å². The van der Waals surface area contributed by atoms with Crippen molar-refractivity contribution in [3.8, 4) is 0 Å². The number of hydrogen-bond donors (Lipinski definition) is 5. The van der Waals surface area contributed by atoms with E-state index in [0.717, 1.165) is 16.5 Å². The number of H-pyrrole nitrogens is 1. The van der Waals surface area contributed by atoms with Crippen molar-refractivity contribution in [2.45, 2.75) is 25.1 Å². The Kier molecular flexibility index (Phi) is 7.79. The molecule has 0 aliphatic carbocycles. The van der Waals surface area contributed by atoms with Crippen LogP contribution in [0.3, 0.4) is 0 Å². The molecule has 6 N–H and O–H groups in total. The number of aliphatic carboxylic acids is 2. The molecule has 0 saturated heterocycles. The highest BCUT2D eigenvalue weighted by Crippen LogP contribution is 2.17. The molecule has 8 nitrogen and oxygen atoms in total. The quantitative estimate of drug-likeness (QED) is 0.503. The summed E-state index contributed by atoms with van der Waals surface area (Å²) in [6.07, 6.45) is -2.91. The molecule has 0 saturated carbocycles. The highest BCUT2D eigenvalue weighted by atomic mass is 19.4. The third-order valence-electron chi connectivity index (χ3n) is 3.35. The summed E-state index contributed by atoms with van der Waals surface area (Å²) in [5, 5.41) is 19.5. The molecule has 0 bridgehead atoms. The Labute approximate surface area is 151 Å². The van der Waals surface area contributed by atoms with E-state index < -0.39 is 30.1 Å². The van der Waals surface area contributed by atoms with Crippen LogP contribution in [0, 0.1) is 0 Å². The number of rotatable bonds is 6. The van der Waals surface area contributed by atoms with Gasteiger partial charge in [0.2, 0.25) is 5.91 Å². The van der Waals surface area contributed by atoms with Crippen LogP contribution in [0.2, 0.25) is 0 Å². The number of nitrogens with one attached hydrogen (secondary N) is 2. The number of hydrogen-bond acceptors (Lipinski definition) is 4. The fourth-order valence-corrected chi connectivity index (χ4v) is 2.10. The van der Waals surface area contributed by atoms with Gasteiger partial charge in [0.1, 0.15) is 0 Å². The Hall–Kier alpha value is -3.08. The van der Waals surface area contributed by atoms with E-state index in [1.54, 1.807) is 0 Å². The third kappa shape index (κ3) is 7.36. The van der Waals surface area contributed by atoms with Gasteiger partial charge in [-0.25, -0.2) is 4.79 Å². The maximum absolute atomic E-state index is 11.6. The molecule has 0 aliphatic heterocycles. The van der Waals surface area contributed by atoms with Gasteiger partial charge in [0.25, 0.3) is 0 Å². The summed E-state index contributed by atoms with van der Waals surface area (Å²) in [5.74, 6) is -4.27. The maximum atomic E-state index is 11.6. The summed E-state index contributed by atoms with van der Waals surface area (Å²) in [6, 6.07) is 6.92. The standard InChI is InChI=1S/C14H17N3O3.C2HF3O2/c15-11(8-13(18)19)14(20)17-6-4-9-2-1-3-12-10(9)5-7-16-12;3-2(4,5)1(6)7/h1-3,5,7,11,16H,4,6,8,15H2,(H,17,20)(H,18,19);(H,6,7)/t11-;/m0./s1. The molecule has 1 aromatic heterocycles. The van der Waals surface area contributed by atoms with Gasteiger partial charge in [-0.1, -0.05) is 12.1 Å². The molecule has 1 amide bonds. The van der Waals surface area contributed by atoms with Crippen molar-refractivity contribution in [1.82, 2.24) is 10.3 Å². The number of benzene rings is 1. The number of alkyl halides is 3. The predicted molar refractivity (Wildman–Crippen MR) is 88.9 cm³/mol. The normalized spacial score (nSPS) is 12.0. The molecule has 27 heavy (non-hydrogen) atoms. The van der Waals surface area contributed by atoms with Crippen molar-refractivity contribution in [3.05, 3.63) is 36.0 Å². The van der Waals surface area contributed by atoms with E-state index in [2.05, 4.69) is 10.3 Å². The minimum Gasteiger partial charge on any atom is -0.481 e.